The molecule has 1 aromatic carbocycles. The largest absolute Gasteiger partial charge is 0.465 e. The van der Waals surface area contributed by atoms with Crippen molar-refractivity contribution in [1.29, 1.82) is 0 Å². The van der Waals surface area contributed by atoms with Crippen LogP contribution in [-0.2, 0) is 11.2 Å². The van der Waals surface area contributed by atoms with E-state index >= 15 is 0 Å². The van der Waals surface area contributed by atoms with E-state index in [4.69, 9.17) is 17.3 Å². The number of carbonyl (C=O) groups excluding carboxylic acids is 1. The zero-order chi connectivity index (χ0) is 11.3. The molecule has 2 N–H and O–H groups in total. The second-order valence-electron chi connectivity index (χ2n) is 3.17. The van der Waals surface area contributed by atoms with Crippen molar-refractivity contribution >= 4 is 23.3 Å². The Morgan fingerprint density at radius 1 is 1.53 bits per heavy atom. The van der Waals surface area contributed by atoms with Gasteiger partial charge in [-0.05, 0) is 24.5 Å². The number of aryl methyl sites for hydroxylation is 1. The second kappa shape index (κ2) is 5.61. The highest BCUT2D eigenvalue weighted by Crippen LogP contribution is 2.19. The van der Waals surface area contributed by atoms with Crippen molar-refractivity contribution in [1.82, 2.24) is 0 Å². The van der Waals surface area contributed by atoms with Crippen LogP contribution in [0.2, 0.25) is 0 Å². The van der Waals surface area contributed by atoms with E-state index in [2.05, 4.69) is 4.74 Å². The quantitative estimate of drug-likeness (QED) is 0.488. The molecule has 0 saturated carbocycles. The smallest absolute Gasteiger partial charge is 0.340 e. The number of carbonyl (C=O) groups is 1. The number of nitrogens with two attached hydrogens (primary N) is 1. The topological polar surface area (TPSA) is 52.3 Å². The van der Waals surface area contributed by atoms with Crippen LogP contribution in [0.5, 0.6) is 0 Å². The van der Waals surface area contributed by atoms with E-state index < -0.39 is 5.97 Å². The predicted octanol–water partition coefficient (Wildman–Crippen LogP) is 2.23. The number of hydrogen-bond donors (Lipinski definition) is 1. The van der Waals surface area contributed by atoms with Gasteiger partial charge in [-0.2, -0.15) is 0 Å². The van der Waals surface area contributed by atoms with Gasteiger partial charge in [-0.15, -0.1) is 11.6 Å². The van der Waals surface area contributed by atoms with E-state index in [-0.39, 0.29) is 0 Å². The monoisotopic (exact) mass is 227 g/mol. The number of rotatable bonds is 4. The molecule has 0 heterocycles. The summed E-state index contributed by atoms with van der Waals surface area (Å²) in [7, 11) is 1.35. The minimum atomic E-state index is -0.391. The van der Waals surface area contributed by atoms with Gasteiger partial charge in [0.2, 0.25) is 0 Å². The summed E-state index contributed by atoms with van der Waals surface area (Å²) in [6.45, 7) is 0. The first-order valence-electron chi connectivity index (χ1n) is 4.72. The lowest BCUT2D eigenvalue weighted by atomic mass is 10.0. The highest BCUT2D eigenvalue weighted by molar-refractivity contribution is 6.17. The summed E-state index contributed by atoms with van der Waals surface area (Å²) in [4.78, 5) is 11.5. The van der Waals surface area contributed by atoms with E-state index in [0.717, 1.165) is 18.4 Å². The highest BCUT2D eigenvalue weighted by Gasteiger charge is 2.14. The van der Waals surface area contributed by atoms with Gasteiger partial charge in [0, 0.05) is 11.6 Å². The summed E-state index contributed by atoms with van der Waals surface area (Å²) >= 11 is 5.61. The third-order valence-electron chi connectivity index (χ3n) is 2.15. The molecule has 0 atom stereocenters. The summed E-state index contributed by atoms with van der Waals surface area (Å²) in [6.07, 6.45) is 1.55. The molecule has 0 aromatic heterocycles. The van der Waals surface area contributed by atoms with E-state index in [9.17, 15) is 4.79 Å². The molecule has 0 radical (unpaired) electrons. The molecule has 4 heteroatoms. The predicted molar refractivity (Wildman–Crippen MR) is 61.2 cm³/mol. The Morgan fingerprint density at radius 3 is 2.87 bits per heavy atom. The maximum Gasteiger partial charge on any atom is 0.340 e. The van der Waals surface area contributed by atoms with Gasteiger partial charge in [0.1, 0.15) is 0 Å². The van der Waals surface area contributed by atoms with E-state index in [1.807, 2.05) is 12.1 Å². The molecule has 0 unspecified atom stereocenters. The van der Waals surface area contributed by atoms with Crippen molar-refractivity contribution in [3.05, 3.63) is 29.3 Å². The molecule has 0 amide bonds. The first-order valence-corrected chi connectivity index (χ1v) is 5.25. The Kier molecular flexibility index (Phi) is 4.43. The molecule has 82 valence electrons. The Morgan fingerprint density at radius 2 is 2.27 bits per heavy atom. The Hall–Kier alpha value is -1.22. The number of alkyl halides is 1. The number of ether oxygens (including phenoxy) is 1. The van der Waals surface area contributed by atoms with Gasteiger partial charge in [0.05, 0.1) is 12.7 Å². The fourth-order valence-corrected chi connectivity index (χ4v) is 1.57. The van der Waals surface area contributed by atoms with Gasteiger partial charge in [0.25, 0.3) is 0 Å². The third kappa shape index (κ3) is 2.86. The molecular formula is C11H14ClNO2. The summed E-state index contributed by atoms with van der Waals surface area (Å²) < 4.78 is 4.69. The molecular weight excluding hydrogens is 214 g/mol. The lowest BCUT2D eigenvalue weighted by Gasteiger charge is -2.09. The first-order chi connectivity index (χ1) is 7.20. The van der Waals surface area contributed by atoms with Crippen LogP contribution in [-0.4, -0.2) is 19.0 Å². The highest BCUT2D eigenvalue weighted by atomic mass is 35.5. The number of halogens is 1. The number of esters is 1. The Balaban J connectivity index is 3.03. The van der Waals surface area contributed by atoms with Crippen molar-refractivity contribution in [2.24, 2.45) is 0 Å². The van der Waals surface area contributed by atoms with Gasteiger partial charge in [-0.25, -0.2) is 4.79 Å². The number of methoxy groups -OCH3 is 1. The van der Waals surface area contributed by atoms with E-state index in [1.165, 1.54) is 7.11 Å². The van der Waals surface area contributed by atoms with Gasteiger partial charge in [-0.1, -0.05) is 12.1 Å². The fraction of sp³-hybridized carbons (Fsp3) is 0.364. The van der Waals surface area contributed by atoms with Gasteiger partial charge in [-0.3, -0.25) is 0 Å². The van der Waals surface area contributed by atoms with Crippen molar-refractivity contribution < 1.29 is 9.53 Å². The molecule has 0 spiro atoms. The number of benzene rings is 1. The van der Waals surface area contributed by atoms with Crippen LogP contribution in [0.3, 0.4) is 0 Å². The van der Waals surface area contributed by atoms with Gasteiger partial charge >= 0.3 is 5.97 Å². The Bertz CT molecular complexity index is 352. The molecule has 0 aliphatic rings. The van der Waals surface area contributed by atoms with Crippen LogP contribution in [0.25, 0.3) is 0 Å². The average Bonchev–Trinajstić information content (AvgIpc) is 2.25. The van der Waals surface area contributed by atoms with Crippen LogP contribution < -0.4 is 5.73 Å². The minimum absolute atomic E-state index is 0.391. The van der Waals surface area contributed by atoms with Crippen molar-refractivity contribution in [2.75, 3.05) is 18.7 Å². The normalized spacial score (nSPS) is 10.0. The van der Waals surface area contributed by atoms with Crippen LogP contribution >= 0.6 is 11.6 Å². The van der Waals surface area contributed by atoms with Crippen LogP contribution in [0.1, 0.15) is 22.3 Å². The van der Waals surface area contributed by atoms with Gasteiger partial charge < -0.3 is 10.5 Å². The van der Waals surface area contributed by atoms with E-state index in [1.54, 1.807) is 6.07 Å². The Labute approximate surface area is 94.2 Å². The number of nitrogen functional groups attached to an aromatic ring is 1. The van der Waals surface area contributed by atoms with Crippen LogP contribution in [0.15, 0.2) is 18.2 Å². The maximum absolute atomic E-state index is 11.5. The summed E-state index contributed by atoms with van der Waals surface area (Å²) in [5, 5.41) is 0. The van der Waals surface area contributed by atoms with Crippen LogP contribution in [0.4, 0.5) is 5.69 Å². The van der Waals surface area contributed by atoms with Crippen molar-refractivity contribution in [3.63, 3.8) is 0 Å². The molecule has 0 saturated heterocycles. The zero-order valence-corrected chi connectivity index (χ0v) is 9.38. The first kappa shape index (κ1) is 11.9. The summed E-state index contributed by atoms with van der Waals surface area (Å²) in [5.41, 5.74) is 7.54. The third-order valence-corrected chi connectivity index (χ3v) is 2.42. The van der Waals surface area contributed by atoms with Crippen molar-refractivity contribution in [3.8, 4) is 0 Å². The number of hydrogen-bond acceptors (Lipinski definition) is 3. The molecule has 1 rings (SSSR count). The molecule has 3 nitrogen and oxygen atoms in total. The minimum Gasteiger partial charge on any atom is -0.465 e. The fourth-order valence-electron chi connectivity index (χ4n) is 1.44. The summed E-state index contributed by atoms with van der Waals surface area (Å²) in [5.74, 6) is 0.174. The number of anilines is 1. The van der Waals surface area contributed by atoms with Crippen molar-refractivity contribution in [2.45, 2.75) is 12.8 Å². The molecule has 15 heavy (non-hydrogen) atoms. The standard InChI is InChI=1S/C11H14ClNO2/c1-15-11(14)10-8(5-3-7-12)4-2-6-9(10)13/h2,4,6H,3,5,7,13H2,1H3. The molecule has 0 fully saturated rings. The molecule has 0 bridgehead atoms. The second-order valence-corrected chi connectivity index (χ2v) is 3.54. The molecule has 0 aliphatic carbocycles. The summed E-state index contributed by atoms with van der Waals surface area (Å²) in [6, 6.07) is 5.39. The van der Waals surface area contributed by atoms with E-state index in [0.29, 0.717) is 17.1 Å². The lowest BCUT2D eigenvalue weighted by Crippen LogP contribution is -2.09. The maximum atomic E-state index is 11.5. The lowest BCUT2D eigenvalue weighted by molar-refractivity contribution is 0.0600. The zero-order valence-electron chi connectivity index (χ0n) is 8.63. The SMILES string of the molecule is COC(=O)c1c(N)cccc1CCCCl. The van der Waals surface area contributed by atoms with Gasteiger partial charge in [0.15, 0.2) is 0 Å². The molecule has 1 aromatic rings. The molecule has 0 aliphatic heterocycles. The average molecular weight is 228 g/mol. The van der Waals surface area contributed by atoms with Crippen LogP contribution in [0, 0.1) is 0 Å².